The molecule has 3 rings (SSSR count). The summed E-state index contributed by atoms with van der Waals surface area (Å²) in [4.78, 5) is -0.130. The van der Waals surface area contributed by atoms with Crippen LogP contribution in [0.25, 0.3) is 0 Å². The van der Waals surface area contributed by atoms with E-state index in [1.807, 2.05) is 0 Å². The summed E-state index contributed by atoms with van der Waals surface area (Å²) >= 11 is 0. The number of anilines is 1. The summed E-state index contributed by atoms with van der Waals surface area (Å²) in [6.07, 6.45) is -4.87. The molecule has 1 unspecified atom stereocenters. The number of primary sulfonamides is 1. The lowest BCUT2D eigenvalue weighted by Crippen LogP contribution is -2.21. The minimum absolute atomic E-state index is 0.130. The summed E-state index contributed by atoms with van der Waals surface area (Å²) in [5.41, 5.74) is 6.49. The quantitative estimate of drug-likeness (QED) is 0.827. The summed E-state index contributed by atoms with van der Waals surface area (Å²) < 4.78 is 62.4. The van der Waals surface area contributed by atoms with Gasteiger partial charge in [0.05, 0.1) is 16.6 Å². The number of alkyl halides is 3. The number of hydrazone groups is 1. The summed E-state index contributed by atoms with van der Waals surface area (Å²) in [5, 5.41) is 10.0. The molecule has 1 atom stereocenters. The Bertz CT molecular complexity index is 955. The molecular weight excluding hydrogens is 381 g/mol. The maximum Gasteiger partial charge on any atom is 0.431 e. The van der Waals surface area contributed by atoms with Crippen molar-refractivity contribution in [2.24, 2.45) is 16.0 Å². The molecule has 0 fully saturated rings. The molecule has 4 N–H and O–H groups in total. The Hall–Kier alpha value is -2.43. The zero-order valence-corrected chi connectivity index (χ0v) is 14.8. The van der Waals surface area contributed by atoms with Crippen LogP contribution in [0.5, 0.6) is 0 Å². The summed E-state index contributed by atoms with van der Waals surface area (Å²) in [6, 6.07) is 11.5. The van der Waals surface area contributed by atoms with E-state index in [0.29, 0.717) is 17.8 Å². The van der Waals surface area contributed by atoms with Crippen molar-refractivity contribution in [3.8, 4) is 0 Å². The fraction of sp³-hybridized carbons (Fsp3) is 0.235. The van der Waals surface area contributed by atoms with Gasteiger partial charge >= 0.3 is 6.18 Å². The third kappa shape index (κ3) is 4.12. The molecule has 0 saturated carbocycles. The van der Waals surface area contributed by atoms with Gasteiger partial charge in [0.1, 0.15) is 5.71 Å². The third-order valence-electron chi connectivity index (χ3n) is 4.27. The number of sulfonamides is 1. The largest absolute Gasteiger partial charge is 0.431 e. The van der Waals surface area contributed by atoms with Crippen molar-refractivity contribution < 1.29 is 21.6 Å². The molecule has 10 heteroatoms. The maximum atomic E-state index is 13.2. The average Bonchev–Trinajstić information content (AvgIpc) is 3.07. The van der Waals surface area contributed by atoms with Gasteiger partial charge in [0, 0.05) is 13.0 Å². The lowest BCUT2D eigenvalue weighted by molar-refractivity contribution is -0.0600. The first-order chi connectivity index (χ1) is 12.6. The number of nitrogens with zero attached hydrogens (tertiary/aromatic N) is 2. The first-order valence-electron chi connectivity index (χ1n) is 7.95. The fourth-order valence-corrected chi connectivity index (χ4v) is 3.36. The minimum Gasteiger partial charge on any atom is -0.326 e. The van der Waals surface area contributed by atoms with E-state index in [9.17, 15) is 21.6 Å². The number of nitrogens with two attached hydrogens (primary N) is 2. The molecule has 2 aromatic rings. The zero-order valence-electron chi connectivity index (χ0n) is 14.0. The Morgan fingerprint density at radius 2 is 1.67 bits per heavy atom. The molecule has 0 bridgehead atoms. The third-order valence-corrected chi connectivity index (χ3v) is 5.20. The van der Waals surface area contributed by atoms with Gasteiger partial charge in [0.2, 0.25) is 10.0 Å². The second kappa shape index (κ2) is 6.95. The van der Waals surface area contributed by atoms with E-state index in [1.165, 1.54) is 29.3 Å². The highest BCUT2D eigenvalue weighted by Crippen LogP contribution is 2.39. The van der Waals surface area contributed by atoms with E-state index in [0.717, 1.165) is 5.56 Å². The van der Waals surface area contributed by atoms with Crippen molar-refractivity contribution in [2.75, 3.05) is 5.01 Å². The lowest BCUT2D eigenvalue weighted by atomic mass is 10.00. The van der Waals surface area contributed by atoms with Crippen LogP contribution >= 0.6 is 0 Å². The maximum absolute atomic E-state index is 13.2. The van der Waals surface area contributed by atoms with Crippen LogP contribution in [-0.4, -0.2) is 20.3 Å². The smallest absolute Gasteiger partial charge is 0.326 e. The van der Waals surface area contributed by atoms with Crippen molar-refractivity contribution in [3.05, 3.63) is 59.7 Å². The molecule has 6 nitrogen and oxygen atoms in total. The number of halogens is 3. The molecular formula is C17H17F3N4O2S. The molecule has 144 valence electrons. The van der Waals surface area contributed by atoms with E-state index < -0.39 is 28.0 Å². The number of hydrogen-bond donors (Lipinski definition) is 2. The van der Waals surface area contributed by atoms with E-state index in [-0.39, 0.29) is 11.3 Å². The standard InChI is InChI=1S/C17H17F3N4O2S/c18-17(19,20)16-9-15(12-3-1-11(10-21)2-4-12)24(23-16)13-5-7-14(8-6-13)27(22,25)26/h1-8,15H,9-10,21H2,(H2,22,25,26). The molecule has 0 aliphatic carbocycles. The van der Waals surface area contributed by atoms with Gasteiger partial charge in [-0.1, -0.05) is 24.3 Å². The summed E-state index contributed by atoms with van der Waals surface area (Å²) in [6.45, 7) is 0.327. The van der Waals surface area contributed by atoms with Crippen LogP contribution in [0.2, 0.25) is 0 Å². The molecule has 27 heavy (non-hydrogen) atoms. The average molecular weight is 398 g/mol. The molecule has 0 aromatic heterocycles. The second-order valence-electron chi connectivity index (χ2n) is 6.09. The molecule has 2 aromatic carbocycles. The zero-order chi connectivity index (χ0) is 19.8. The van der Waals surface area contributed by atoms with Crippen LogP contribution in [0.1, 0.15) is 23.6 Å². The molecule has 0 saturated heterocycles. The van der Waals surface area contributed by atoms with Crippen molar-refractivity contribution >= 4 is 21.4 Å². The molecule has 1 heterocycles. The molecule has 0 amide bonds. The fourth-order valence-electron chi connectivity index (χ4n) is 2.84. The number of benzene rings is 2. The highest BCUT2D eigenvalue weighted by atomic mass is 32.2. The molecule has 0 radical (unpaired) electrons. The Balaban J connectivity index is 2.00. The van der Waals surface area contributed by atoms with Gasteiger partial charge < -0.3 is 5.73 Å². The summed E-state index contributed by atoms with van der Waals surface area (Å²) in [5.74, 6) is 0. The monoisotopic (exact) mass is 398 g/mol. The van der Waals surface area contributed by atoms with Crippen molar-refractivity contribution in [3.63, 3.8) is 0 Å². The van der Waals surface area contributed by atoms with Crippen LogP contribution in [0.4, 0.5) is 18.9 Å². The molecule has 1 aliphatic rings. The lowest BCUT2D eigenvalue weighted by Gasteiger charge is -2.24. The van der Waals surface area contributed by atoms with Gasteiger partial charge in [-0.3, -0.25) is 5.01 Å². The Kier molecular flexibility index (Phi) is 4.98. The normalized spacial score (nSPS) is 17.9. The van der Waals surface area contributed by atoms with Gasteiger partial charge in [-0.05, 0) is 35.4 Å². The highest BCUT2D eigenvalue weighted by Gasteiger charge is 2.43. The van der Waals surface area contributed by atoms with Crippen LogP contribution in [0.3, 0.4) is 0 Å². The highest BCUT2D eigenvalue weighted by molar-refractivity contribution is 7.89. The van der Waals surface area contributed by atoms with Crippen molar-refractivity contribution in [2.45, 2.75) is 30.1 Å². The van der Waals surface area contributed by atoms with E-state index >= 15 is 0 Å². The van der Waals surface area contributed by atoms with Gasteiger partial charge in [-0.2, -0.15) is 18.3 Å². The van der Waals surface area contributed by atoms with Gasteiger partial charge in [-0.15, -0.1) is 0 Å². The molecule has 0 spiro atoms. The SMILES string of the molecule is NCc1ccc(C2CC(C(F)(F)F)=NN2c2ccc(S(N)(=O)=O)cc2)cc1. The Labute approximate surface area is 154 Å². The predicted molar refractivity (Wildman–Crippen MR) is 95.5 cm³/mol. The van der Waals surface area contributed by atoms with Crippen LogP contribution in [-0.2, 0) is 16.6 Å². The van der Waals surface area contributed by atoms with Crippen LogP contribution < -0.4 is 15.9 Å². The number of rotatable bonds is 4. The van der Waals surface area contributed by atoms with Crippen LogP contribution in [0.15, 0.2) is 58.5 Å². The van der Waals surface area contributed by atoms with E-state index in [4.69, 9.17) is 10.9 Å². The van der Waals surface area contributed by atoms with Crippen molar-refractivity contribution in [1.82, 2.24) is 0 Å². The van der Waals surface area contributed by atoms with E-state index in [2.05, 4.69) is 5.10 Å². The van der Waals surface area contributed by atoms with Crippen LogP contribution in [0, 0.1) is 0 Å². The van der Waals surface area contributed by atoms with Gasteiger partial charge in [0.15, 0.2) is 0 Å². The second-order valence-corrected chi connectivity index (χ2v) is 7.65. The topological polar surface area (TPSA) is 102 Å². The Morgan fingerprint density at radius 3 is 2.15 bits per heavy atom. The van der Waals surface area contributed by atoms with Crippen molar-refractivity contribution in [1.29, 1.82) is 0 Å². The van der Waals surface area contributed by atoms with E-state index in [1.54, 1.807) is 24.3 Å². The van der Waals surface area contributed by atoms with Gasteiger partial charge in [0.25, 0.3) is 0 Å². The van der Waals surface area contributed by atoms with Gasteiger partial charge in [-0.25, -0.2) is 13.6 Å². The first-order valence-corrected chi connectivity index (χ1v) is 9.50. The predicted octanol–water partition coefficient (Wildman–Crippen LogP) is 2.66. The molecule has 1 aliphatic heterocycles. The Morgan fingerprint density at radius 1 is 1.07 bits per heavy atom. The summed E-state index contributed by atoms with van der Waals surface area (Å²) in [7, 11) is -3.90. The minimum atomic E-state index is -4.55. The number of hydrogen-bond acceptors (Lipinski definition) is 5. The first kappa shape index (κ1) is 19.3.